The number of aromatic nitrogens is 1. The molecular formula is C11H13N3O2. The first-order valence-corrected chi connectivity index (χ1v) is 4.98. The highest BCUT2D eigenvalue weighted by Gasteiger charge is 2.13. The van der Waals surface area contributed by atoms with Crippen LogP contribution in [0, 0.1) is 18.3 Å². The van der Waals surface area contributed by atoms with Gasteiger partial charge in [-0.15, -0.1) is 0 Å². The number of aryl methyl sites for hydroxylation is 1. The summed E-state index contributed by atoms with van der Waals surface area (Å²) in [5.74, 6) is -0.519. The minimum Gasteiger partial charge on any atom is -0.364 e. The minimum absolute atomic E-state index is 0.0271. The van der Waals surface area contributed by atoms with Crippen molar-refractivity contribution in [2.24, 2.45) is 0 Å². The molecule has 1 rings (SSSR count). The number of carbonyl (C=O) groups is 1. The molecule has 1 aromatic rings. The van der Waals surface area contributed by atoms with Crippen molar-refractivity contribution in [3.05, 3.63) is 33.7 Å². The Bertz CT molecular complexity index is 485. The molecule has 16 heavy (non-hydrogen) atoms. The normalized spacial score (nSPS) is 11.6. The second-order valence-corrected chi connectivity index (χ2v) is 3.46. The summed E-state index contributed by atoms with van der Waals surface area (Å²) in [5.41, 5.74) is 0.370. The predicted octanol–water partition coefficient (Wildman–Crippen LogP) is 0.715. The summed E-state index contributed by atoms with van der Waals surface area (Å²) < 4.78 is 0. The van der Waals surface area contributed by atoms with Crippen LogP contribution >= 0.6 is 0 Å². The van der Waals surface area contributed by atoms with E-state index in [1.165, 1.54) is 12.3 Å². The molecule has 1 unspecified atom stereocenters. The molecule has 0 fully saturated rings. The van der Waals surface area contributed by atoms with E-state index >= 15 is 0 Å². The predicted molar refractivity (Wildman–Crippen MR) is 59.0 cm³/mol. The second kappa shape index (κ2) is 5.12. The highest BCUT2D eigenvalue weighted by atomic mass is 16.2. The fourth-order valence-corrected chi connectivity index (χ4v) is 1.21. The third-order valence-electron chi connectivity index (χ3n) is 2.17. The number of hydrogen-bond acceptors (Lipinski definition) is 3. The van der Waals surface area contributed by atoms with Crippen LogP contribution in [-0.4, -0.2) is 16.9 Å². The standard InChI is InChI=1S/C11H13N3O2/c1-3-8(5-12)14-11(16)9-6-13-7(2)4-10(9)15/h4,6,8H,3H2,1-2H3,(H,13,15)(H,14,16). The molecule has 5 nitrogen and oxygen atoms in total. The molecule has 0 saturated carbocycles. The van der Waals surface area contributed by atoms with Crippen LogP contribution in [0.3, 0.4) is 0 Å². The molecule has 1 atom stereocenters. The number of nitrogens with one attached hydrogen (secondary N) is 2. The van der Waals surface area contributed by atoms with Crippen LogP contribution in [0.25, 0.3) is 0 Å². The van der Waals surface area contributed by atoms with Crippen LogP contribution in [0.1, 0.15) is 29.4 Å². The van der Waals surface area contributed by atoms with Crippen LogP contribution in [0.15, 0.2) is 17.1 Å². The Balaban J connectivity index is 2.90. The number of amides is 1. The molecule has 0 radical (unpaired) electrons. The van der Waals surface area contributed by atoms with Crippen molar-refractivity contribution < 1.29 is 4.79 Å². The number of rotatable bonds is 3. The zero-order valence-electron chi connectivity index (χ0n) is 9.20. The van der Waals surface area contributed by atoms with E-state index in [1.807, 2.05) is 6.07 Å². The van der Waals surface area contributed by atoms with Gasteiger partial charge in [-0.1, -0.05) is 6.92 Å². The molecule has 0 aliphatic carbocycles. The zero-order chi connectivity index (χ0) is 12.1. The highest BCUT2D eigenvalue weighted by molar-refractivity contribution is 5.94. The molecule has 0 saturated heterocycles. The van der Waals surface area contributed by atoms with Crippen molar-refractivity contribution in [1.82, 2.24) is 10.3 Å². The van der Waals surface area contributed by atoms with Gasteiger partial charge in [0, 0.05) is 18.0 Å². The molecule has 1 aromatic heterocycles. The SMILES string of the molecule is CCC(C#N)NC(=O)c1c[nH]c(C)cc1=O. The van der Waals surface area contributed by atoms with E-state index in [-0.39, 0.29) is 11.0 Å². The second-order valence-electron chi connectivity index (χ2n) is 3.46. The molecule has 84 valence electrons. The fourth-order valence-electron chi connectivity index (χ4n) is 1.21. The Morgan fingerprint density at radius 3 is 2.88 bits per heavy atom. The molecule has 0 bridgehead atoms. The van der Waals surface area contributed by atoms with E-state index < -0.39 is 11.9 Å². The van der Waals surface area contributed by atoms with Gasteiger partial charge in [-0.2, -0.15) is 5.26 Å². The van der Waals surface area contributed by atoms with Gasteiger partial charge < -0.3 is 10.3 Å². The number of aromatic amines is 1. The van der Waals surface area contributed by atoms with Crippen LogP contribution in [0.2, 0.25) is 0 Å². The van der Waals surface area contributed by atoms with E-state index in [2.05, 4.69) is 10.3 Å². The molecule has 1 heterocycles. The molecule has 0 aliphatic rings. The van der Waals surface area contributed by atoms with Crippen molar-refractivity contribution in [2.75, 3.05) is 0 Å². The molecule has 1 amide bonds. The summed E-state index contributed by atoms with van der Waals surface area (Å²) in [6.07, 6.45) is 1.86. The first-order valence-electron chi connectivity index (χ1n) is 4.98. The smallest absolute Gasteiger partial charge is 0.257 e. The van der Waals surface area contributed by atoms with Crippen molar-refractivity contribution in [2.45, 2.75) is 26.3 Å². The molecule has 0 spiro atoms. The summed E-state index contributed by atoms with van der Waals surface area (Å²) in [4.78, 5) is 25.9. The number of carbonyl (C=O) groups excluding carboxylic acids is 1. The van der Waals surface area contributed by atoms with Gasteiger partial charge in [0.05, 0.1) is 6.07 Å². The Kier molecular flexibility index (Phi) is 3.84. The Labute approximate surface area is 93.1 Å². The van der Waals surface area contributed by atoms with Gasteiger partial charge in [-0.05, 0) is 13.3 Å². The average Bonchev–Trinajstić information content (AvgIpc) is 2.25. The summed E-state index contributed by atoms with van der Waals surface area (Å²) in [7, 11) is 0. The third-order valence-corrected chi connectivity index (χ3v) is 2.17. The first-order chi connectivity index (χ1) is 7.58. The lowest BCUT2D eigenvalue weighted by Crippen LogP contribution is -2.36. The number of nitrogens with zero attached hydrogens (tertiary/aromatic N) is 1. The molecule has 0 aliphatic heterocycles. The number of pyridine rings is 1. The highest BCUT2D eigenvalue weighted by Crippen LogP contribution is 1.95. The van der Waals surface area contributed by atoms with Gasteiger partial charge in [0.15, 0.2) is 5.43 Å². The van der Waals surface area contributed by atoms with E-state index in [4.69, 9.17) is 5.26 Å². The molecule has 2 N–H and O–H groups in total. The summed E-state index contributed by atoms with van der Waals surface area (Å²) in [6.45, 7) is 3.51. The van der Waals surface area contributed by atoms with Crippen molar-refractivity contribution >= 4 is 5.91 Å². The van der Waals surface area contributed by atoms with Gasteiger partial charge >= 0.3 is 0 Å². The van der Waals surface area contributed by atoms with Gasteiger partial charge in [0.25, 0.3) is 5.91 Å². The van der Waals surface area contributed by atoms with Gasteiger partial charge in [0.1, 0.15) is 11.6 Å². The average molecular weight is 219 g/mol. The van der Waals surface area contributed by atoms with E-state index in [0.717, 1.165) is 0 Å². The van der Waals surface area contributed by atoms with E-state index in [9.17, 15) is 9.59 Å². The van der Waals surface area contributed by atoms with Crippen LogP contribution < -0.4 is 10.7 Å². The Morgan fingerprint density at radius 1 is 1.69 bits per heavy atom. The van der Waals surface area contributed by atoms with Crippen LogP contribution in [-0.2, 0) is 0 Å². The van der Waals surface area contributed by atoms with Gasteiger partial charge in [-0.25, -0.2) is 0 Å². The van der Waals surface area contributed by atoms with Gasteiger partial charge in [-0.3, -0.25) is 9.59 Å². The largest absolute Gasteiger partial charge is 0.364 e. The molecule has 5 heteroatoms. The van der Waals surface area contributed by atoms with Gasteiger partial charge in [0.2, 0.25) is 0 Å². The number of hydrogen-bond donors (Lipinski definition) is 2. The topological polar surface area (TPSA) is 85.8 Å². The van der Waals surface area contributed by atoms with Crippen LogP contribution in [0.5, 0.6) is 0 Å². The number of H-pyrrole nitrogens is 1. The maximum absolute atomic E-state index is 11.6. The molecule has 0 aromatic carbocycles. The monoisotopic (exact) mass is 219 g/mol. The Morgan fingerprint density at radius 2 is 2.38 bits per heavy atom. The fraction of sp³-hybridized carbons (Fsp3) is 0.364. The lowest BCUT2D eigenvalue weighted by atomic mass is 10.2. The first kappa shape index (κ1) is 12.0. The summed E-state index contributed by atoms with van der Waals surface area (Å²) >= 11 is 0. The third kappa shape index (κ3) is 2.70. The summed E-state index contributed by atoms with van der Waals surface area (Å²) in [5, 5.41) is 11.2. The van der Waals surface area contributed by atoms with E-state index in [0.29, 0.717) is 12.1 Å². The van der Waals surface area contributed by atoms with Crippen molar-refractivity contribution in [3.63, 3.8) is 0 Å². The minimum atomic E-state index is -0.562. The van der Waals surface area contributed by atoms with Crippen LogP contribution in [0.4, 0.5) is 0 Å². The maximum atomic E-state index is 11.6. The lowest BCUT2D eigenvalue weighted by Gasteiger charge is -2.08. The molecular weight excluding hydrogens is 206 g/mol. The lowest BCUT2D eigenvalue weighted by molar-refractivity contribution is 0.0943. The van der Waals surface area contributed by atoms with Crippen molar-refractivity contribution in [1.29, 1.82) is 5.26 Å². The summed E-state index contributed by atoms with van der Waals surface area (Å²) in [6, 6.07) is 2.73. The van der Waals surface area contributed by atoms with E-state index in [1.54, 1.807) is 13.8 Å². The quantitative estimate of drug-likeness (QED) is 0.785. The Hall–Kier alpha value is -2.09. The van der Waals surface area contributed by atoms with Crippen molar-refractivity contribution in [3.8, 4) is 6.07 Å². The zero-order valence-corrected chi connectivity index (χ0v) is 9.20. The maximum Gasteiger partial charge on any atom is 0.257 e. The number of nitriles is 1.